The number of rotatable bonds is 5. The average molecular weight is 226 g/mol. The van der Waals surface area contributed by atoms with E-state index >= 15 is 0 Å². The minimum Gasteiger partial charge on any atom is -0.323 e. The second-order valence-corrected chi connectivity index (χ2v) is 10.2. The third-order valence-corrected chi connectivity index (χ3v) is 9.35. The molecule has 0 aliphatic heterocycles. The molecule has 0 saturated heterocycles. The lowest BCUT2D eigenvalue weighted by Crippen LogP contribution is -2.19. The molecule has 0 rings (SSSR count). The van der Waals surface area contributed by atoms with E-state index in [0.717, 1.165) is 0 Å². The van der Waals surface area contributed by atoms with E-state index in [0.29, 0.717) is 12.3 Å². The monoisotopic (exact) mass is 226 g/mol. The van der Waals surface area contributed by atoms with Gasteiger partial charge in [0.25, 0.3) is 0 Å². The van der Waals surface area contributed by atoms with Crippen molar-refractivity contribution >= 4 is 17.0 Å². The lowest BCUT2D eigenvalue weighted by molar-refractivity contribution is 0.573. The van der Waals surface area contributed by atoms with Gasteiger partial charge in [-0.25, -0.2) is 8.42 Å². The SMILES string of the molecule is CCP(=O)(CC)CS(=O)(=O)C(C)C. The fourth-order valence-electron chi connectivity index (χ4n) is 0.883. The first-order valence-electron chi connectivity index (χ1n) is 4.56. The number of sulfone groups is 1. The van der Waals surface area contributed by atoms with Crippen LogP contribution in [0, 0.1) is 0 Å². The second-order valence-electron chi connectivity index (χ2n) is 3.53. The topological polar surface area (TPSA) is 51.2 Å². The molecule has 0 amide bonds. The van der Waals surface area contributed by atoms with Crippen molar-refractivity contribution < 1.29 is 13.0 Å². The average Bonchev–Trinajstić information content (AvgIpc) is 2.03. The van der Waals surface area contributed by atoms with Gasteiger partial charge in [0.15, 0.2) is 9.84 Å². The van der Waals surface area contributed by atoms with Crippen molar-refractivity contribution in [2.45, 2.75) is 32.9 Å². The normalized spacial score (nSPS) is 13.6. The molecule has 0 aromatic rings. The third kappa shape index (κ3) is 3.82. The van der Waals surface area contributed by atoms with Crippen LogP contribution in [0.3, 0.4) is 0 Å². The van der Waals surface area contributed by atoms with Gasteiger partial charge in [-0.3, -0.25) is 0 Å². The summed E-state index contributed by atoms with van der Waals surface area (Å²) in [5, 5.41) is -0.418. The maximum atomic E-state index is 11.9. The van der Waals surface area contributed by atoms with Crippen LogP contribution in [-0.2, 0) is 14.4 Å². The molecule has 80 valence electrons. The summed E-state index contributed by atoms with van der Waals surface area (Å²) >= 11 is 0. The Bertz CT molecular complexity index is 285. The van der Waals surface area contributed by atoms with Crippen LogP contribution in [0.1, 0.15) is 27.7 Å². The van der Waals surface area contributed by atoms with Crippen molar-refractivity contribution in [1.29, 1.82) is 0 Å². The maximum Gasteiger partial charge on any atom is 0.159 e. The van der Waals surface area contributed by atoms with Crippen LogP contribution in [0.15, 0.2) is 0 Å². The molecule has 0 aromatic heterocycles. The van der Waals surface area contributed by atoms with Crippen molar-refractivity contribution in [2.24, 2.45) is 0 Å². The summed E-state index contributed by atoms with van der Waals surface area (Å²) in [5.41, 5.74) is -0.120. The molecule has 0 fully saturated rings. The zero-order valence-electron chi connectivity index (χ0n) is 8.78. The van der Waals surface area contributed by atoms with Gasteiger partial charge in [-0.05, 0) is 26.2 Å². The zero-order chi connectivity index (χ0) is 10.7. The van der Waals surface area contributed by atoms with E-state index in [1.165, 1.54) is 0 Å². The van der Waals surface area contributed by atoms with Gasteiger partial charge in [0.05, 0.1) is 5.25 Å². The minimum atomic E-state index is -3.14. The summed E-state index contributed by atoms with van der Waals surface area (Å²) in [6, 6.07) is 0. The molecule has 5 heteroatoms. The summed E-state index contributed by atoms with van der Waals surface area (Å²) < 4.78 is 34.9. The lowest BCUT2D eigenvalue weighted by Gasteiger charge is -2.15. The van der Waals surface area contributed by atoms with E-state index in [1.807, 2.05) is 0 Å². The zero-order valence-corrected chi connectivity index (χ0v) is 10.5. The smallest absolute Gasteiger partial charge is 0.159 e. The molecule has 0 N–H and O–H groups in total. The Morgan fingerprint density at radius 1 is 1.15 bits per heavy atom. The highest BCUT2D eigenvalue weighted by Crippen LogP contribution is 2.46. The Kier molecular flexibility index (Phi) is 4.67. The fourth-order valence-corrected chi connectivity index (χ4v) is 6.61. The molecular weight excluding hydrogens is 207 g/mol. The van der Waals surface area contributed by atoms with Crippen LogP contribution >= 0.6 is 7.14 Å². The van der Waals surface area contributed by atoms with Gasteiger partial charge in [-0.1, -0.05) is 13.8 Å². The van der Waals surface area contributed by atoms with E-state index in [4.69, 9.17) is 0 Å². The van der Waals surface area contributed by atoms with Crippen molar-refractivity contribution in [3.8, 4) is 0 Å². The van der Waals surface area contributed by atoms with Crippen LogP contribution in [0.2, 0.25) is 0 Å². The maximum absolute atomic E-state index is 11.9. The van der Waals surface area contributed by atoms with E-state index < -0.39 is 22.2 Å². The van der Waals surface area contributed by atoms with Gasteiger partial charge in [0, 0.05) is 0 Å². The Labute approximate surface area is 81.2 Å². The van der Waals surface area contributed by atoms with Crippen molar-refractivity contribution in [2.75, 3.05) is 17.8 Å². The van der Waals surface area contributed by atoms with Gasteiger partial charge in [0.1, 0.15) is 12.6 Å². The minimum absolute atomic E-state index is 0.120. The second kappa shape index (κ2) is 4.61. The van der Waals surface area contributed by atoms with Gasteiger partial charge in [0.2, 0.25) is 0 Å². The van der Waals surface area contributed by atoms with E-state index in [-0.39, 0.29) is 5.49 Å². The summed E-state index contributed by atoms with van der Waals surface area (Å²) in [7, 11) is -5.59. The molecule has 0 radical (unpaired) electrons. The van der Waals surface area contributed by atoms with Crippen LogP contribution in [-0.4, -0.2) is 31.5 Å². The van der Waals surface area contributed by atoms with Crippen molar-refractivity contribution in [1.82, 2.24) is 0 Å². The molecule has 0 aromatic carbocycles. The highest BCUT2D eigenvalue weighted by molar-refractivity contribution is 7.99. The fraction of sp³-hybridized carbons (Fsp3) is 1.00. The molecule has 0 unspecified atom stereocenters. The molecular formula is C8H19O3PS. The molecule has 0 bridgehead atoms. The van der Waals surface area contributed by atoms with Crippen LogP contribution in [0.5, 0.6) is 0 Å². The van der Waals surface area contributed by atoms with Gasteiger partial charge in [-0.2, -0.15) is 0 Å². The molecule has 0 saturated carbocycles. The van der Waals surface area contributed by atoms with Gasteiger partial charge in [-0.15, -0.1) is 0 Å². The first-order chi connectivity index (χ1) is 5.77. The highest BCUT2D eigenvalue weighted by atomic mass is 32.2. The van der Waals surface area contributed by atoms with E-state index in [9.17, 15) is 13.0 Å². The van der Waals surface area contributed by atoms with Crippen molar-refractivity contribution in [3.63, 3.8) is 0 Å². The summed E-state index contributed by atoms with van der Waals surface area (Å²) in [5.74, 6) is 0. The third-order valence-electron chi connectivity index (χ3n) is 2.29. The van der Waals surface area contributed by atoms with Gasteiger partial charge < -0.3 is 4.57 Å². The number of hydrogen-bond donors (Lipinski definition) is 0. The van der Waals surface area contributed by atoms with E-state index in [2.05, 4.69) is 0 Å². The lowest BCUT2D eigenvalue weighted by atomic mass is 10.6. The molecule has 3 nitrogen and oxygen atoms in total. The summed E-state index contributed by atoms with van der Waals surface area (Å²) in [4.78, 5) is 0. The van der Waals surface area contributed by atoms with Crippen LogP contribution in [0.4, 0.5) is 0 Å². The largest absolute Gasteiger partial charge is 0.323 e. The summed E-state index contributed by atoms with van der Waals surface area (Å²) in [6.45, 7) is 6.84. The molecule has 13 heavy (non-hydrogen) atoms. The first kappa shape index (κ1) is 13.2. The van der Waals surface area contributed by atoms with E-state index in [1.54, 1.807) is 27.7 Å². The predicted molar refractivity (Wildman–Crippen MR) is 57.6 cm³/mol. The first-order valence-corrected chi connectivity index (χ1v) is 8.54. The standard InChI is InChI=1S/C8H19O3PS/c1-5-12(9,6-2)7-13(10,11)8(3)4/h8H,5-7H2,1-4H3. The molecule has 0 heterocycles. The quantitative estimate of drug-likeness (QED) is 0.675. The Morgan fingerprint density at radius 3 is 1.77 bits per heavy atom. The van der Waals surface area contributed by atoms with Crippen LogP contribution < -0.4 is 0 Å². The predicted octanol–water partition coefficient (Wildman–Crippen LogP) is 2.17. The Morgan fingerprint density at radius 2 is 1.54 bits per heavy atom. The highest BCUT2D eigenvalue weighted by Gasteiger charge is 2.27. The molecule has 0 atom stereocenters. The Hall–Kier alpha value is 0.180. The Balaban J connectivity index is 4.71. The van der Waals surface area contributed by atoms with Crippen molar-refractivity contribution in [3.05, 3.63) is 0 Å². The molecule has 0 aliphatic carbocycles. The number of hydrogen-bond acceptors (Lipinski definition) is 3. The summed E-state index contributed by atoms with van der Waals surface area (Å²) in [6.07, 6.45) is 0.963. The molecule has 0 spiro atoms. The molecule has 0 aliphatic rings. The van der Waals surface area contributed by atoms with Gasteiger partial charge >= 0.3 is 0 Å². The van der Waals surface area contributed by atoms with Crippen LogP contribution in [0.25, 0.3) is 0 Å².